The zero-order chi connectivity index (χ0) is 16.3. The van der Waals surface area contributed by atoms with Gasteiger partial charge in [0.25, 0.3) is 0 Å². The molecule has 1 fully saturated rings. The fourth-order valence-corrected chi connectivity index (χ4v) is 3.99. The van der Waals surface area contributed by atoms with Crippen LogP contribution in [-0.2, 0) is 4.79 Å². The third kappa shape index (κ3) is 4.28. The quantitative estimate of drug-likeness (QED) is 0.847. The molecule has 1 N–H and O–H groups in total. The van der Waals surface area contributed by atoms with Crippen molar-refractivity contribution in [3.63, 3.8) is 0 Å². The molecule has 1 aliphatic heterocycles. The molecule has 0 aromatic rings. The maximum Gasteiger partial charge on any atom is 0.327 e. The summed E-state index contributed by atoms with van der Waals surface area (Å²) in [7, 11) is 0. The van der Waals surface area contributed by atoms with E-state index in [9.17, 15) is 14.7 Å². The summed E-state index contributed by atoms with van der Waals surface area (Å²) in [6.07, 6.45) is 0. The average molecular weight is 316 g/mol. The third-order valence-electron chi connectivity index (χ3n) is 3.54. The molecule has 21 heavy (non-hydrogen) atoms. The first-order chi connectivity index (χ1) is 9.66. The maximum atomic E-state index is 12.9. The van der Waals surface area contributed by atoms with Crippen LogP contribution in [0.2, 0.25) is 0 Å². The largest absolute Gasteiger partial charge is 0.480 e. The number of rotatable bonds is 5. The van der Waals surface area contributed by atoms with Crippen LogP contribution in [0.1, 0.15) is 41.5 Å². The molecule has 0 aromatic carbocycles. The lowest BCUT2D eigenvalue weighted by molar-refractivity contribution is -0.141. The number of carboxylic acid groups (broad SMARTS) is 1. The molecule has 122 valence electrons. The van der Waals surface area contributed by atoms with Gasteiger partial charge in [0.1, 0.15) is 6.04 Å². The Morgan fingerprint density at radius 3 is 2.19 bits per heavy atom. The summed E-state index contributed by atoms with van der Waals surface area (Å²) in [5.41, 5.74) is 0. The fourth-order valence-electron chi connectivity index (χ4n) is 2.53. The molecule has 1 saturated heterocycles. The molecule has 2 amide bonds. The molecule has 6 heteroatoms. The van der Waals surface area contributed by atoms with Crippen molar-refractivity contribution in [3.05, 3.63) is 0 Å². The van der Waals surface area contributed by atoms with Gasteiger partial charge >= 0.3 is 12.0 Å². The van der Waals surface area contributed by atoms with E-state index >= 15 is 0 Å². The number of aliphatic carboxylic acids is 1. The molecule has 0 radical (unpaired) electrons. The number of urea groups is 1. The summed E-state index contributed by atoms with van der Waals surface area (Å²) in [6.45, 7) is 12.8. The van der Waals surface area contributed by atoms with Crippen molar-refractivity contribution in [1.82, 2.24) is 9.80 Å². The highest BCUT2D eigenvalue weighted by atomic mass is 32.2. The molecule has 1 aliphatic rings. The van der Waals surface area contributed by atoms with Gasteiger partial charge in [-0.1, -0.05) is 27.7 Å². The highest BCUT2D eigenvalue weighted by Crippen LogP contribution is 2.35. The van der Waals surface area contributed by atoms with Gasteiger partial charge in [-0.05, 0) is 25.7 Å². The predicted molar refractivity (Wildman–Crippen MR) is 86.4 cm³/mol. The van der Waals surface area contributed by atoms with Crippen molar-refractivity contribution in [1.29, 1.82) is 0 Å². The Morgan fingerprint density at radius 1 is 1.24 bits per heavy atom. The molecule has 0 spiro atoms. The Kier molecular flexibility index (Phi) is 6.38. The molecular weight excluding hydrogens is 288 g/mol. The molecule has 0 bridgehead atoms. The van der Waals surface area contributed by atoms with E-state index in [1.54, 1.807) is 21.6 Å². The molecular formula is C15H28N2O3S. The predicted octanol–water partition coefficient (Wildman–Crippen LogP) is 2.96. The number of carboxylic acids is 1. The van der Waals surface area contributed by atoms with Crippen LogP contribution in [0, 0.1) is 11.8 Å². The van der Waals surface area contributed by atoms with Crippen LogP contribution in [0.3, 0.4) is 0 Å². The van der Waals surface area contributed by atoms with Gasteiger partial charge in [0.05, 0.1) is 5.37 Å². The molecule has 0 aliphatic carbocycles. The topological polar surface area (TPSA) is 60.9 Å². The number of carbonyl (C=O) groups is 2. The Morgan fingerprint density at radius 2 is 1.81 bits per heavy atom. The number of nitrogens with zero attached hydrogens (tertiary/aromatic N) is 2. The maximum absolute atomic E-state index is 12.9. The Balaban J connectivity index is 3.04. The fraction of sp³-hybridized carbons (Fsp3) is 0.867. The zero-order valence-electron chi connectivity index (χ0n) is 13.9. The van der Waals surface area contributed by atoms with Crippen molar-refractivity contribution >= 4 is 23.8 Å². The SMILES string of the molecule is CC(C)CN(C(=O)N1C(C(=O)O)CSC1C(C)C)C(C)C. The normalized spacial score (nSPS) is 22.4. The monoisotopic (exact) mass is 316 g/mol. The van der Waals surface area contributed by atoms with Crippen LogP contribution in [0.25, 0.3) is 0 Å². The van der Waals surface area contributed by atoms with Gasteiger partial charge in [0.2, 0.25) is 0 Å². The van der Waals surface area contributed by atoms with Gasteiger partial charge in [0, 0.05) is 18.3 Å². The standard InChI is InChI=1S/C15H28N2O3S/c1-9(2)7-16(11(5)6)15(20)17-12(14(18)19)8-21-13(17)10(3)4/h9-13H,7-8H2,1-6H3,(H,18,19). The van der Waals surface area contributed by atoms with Crippen molar-refractivity contribution in [2.75, 3.05) is 12.3 Å². The minimum Gasteiger partial charge on any atom is -0.480 e. The van der Waals surface area contributed by atoms with Crippen LogP contribution in [0.15, 0.2) is 0 Å². The number of hydrogen-bond donors (Lipinski definition) is 1. The van der Waals surface area contributed by atoms with Gasteiger partial charge in [-0.25, -0.2) is 9.59 Å². The summed E-state index contributed by atoms with van der Waals surface area (Å²) >= 11 is 1.57. The molecule has 1 heterocycles. The van der Waals surface area contributed by atoms with Crippen LogP contribution in [0.4, 0.5) is 4.79 Å². The van der Waals surface area contributed by atoms with Crippen LogP contribution < -0.4 is 0 Å². The average Bonchev–Trinajstić information content (AvgIpc) is 2.79. The highest BCUT2D eigenvalue weighted by Gasteiger charge is 2.44. The van der Waals surface area contributed by atoms with E-state index in [-0.39, 0.29) is 23.4 Å². The minimum absolute atomic E-state index is 0.0627. The molecule has 1 rings (SSSR count). The summed E-state index contributed by atoms with van der Waals surface area (Å²) in [5, 5.41) is 9.35. The Labute approximate surface area is 132 Å². The van der Waals surface area contributed by atoms with E-state index in [4.69, 9.17) is 0 Å². The van der Waals surface area contributed by atoms with Crippen LogP contribution in [0.5, 0.6) is 0 Å². The van der Waals surface area contributed by atoms with E-state index < -0.39 is 12.0 Å². The first-order valence-electron chi connectivity index (χ1n) is 7.60. The molecule has 0 saturated carbocycles. The second-order valence-corrected chi connectivity index (χ2v) is 7.80. The molecule has 5 nitrogen and oxygen atoms in total. The second-order valence-electron chi connectivity index (χ2n) is 6.65. The minimum atomic E-state index is -0.910. The highest BCUT2D eigenvalue weighted by molar-refractivity contribution is 8.00. The van der Waals surface area contributed by atoms with E-state index in [0.29, 0.717) is 18.2 Å². The zero-order valence-corrected chi connectivity index (χ0v) is 14.7. The van der Waals surface area contributed by atoms with Crippen LogP contribution in [-0.4, -0.2) is 56.7 Å². The van der Waals surface area contributed by atoms with Crippen molar-refractivity contribution in [2.24, 2.45) is 11.8 Å². The first kappa shape index (κ1) is 18.1. The summed E-state index contributed by atoms with van der Waals surface area (Å²) in [6, 6.07) is -0.800. The van der Waals surface area contributed by atoms with Crippen LogP contribution >= 0.6 is 11.8 Å². The lowest BCUT2D eigenvalue weighted by Crippen LogP contribution is -2.55. The van der Waals surface area contributed by atoms with E-state index in [0.717, 1.165) is 0 Å². The molecule has 0 aromatic heterocycles. The lowest BCUT2D eigenvalue weighted by atomic mass is 10.1. The lowest BCUT2D eigenvalue weighted by Gasteiger charge is -2.37. The van der Waals surface area contributed by atoms with Gasteiger partial charge < -0.3 is 10.0 Å². The third-order valence-corrected chi connectivity index (χ3v) is 5.16. The summed E-state index contributed by atoms with van der Waals surface area (Å²) < 4.78 is 0. The van der Waals surface area contributed by atoms with Crippen molar-refractivity contribution < 1.29 is 14.7 Å². The van der Waals surface area contributed by atoms with E-state index in [1.165, 1.54) is 0 Å². The van der Waals surface area contributed by atoms with Crippen molar-refractivity contribution in [2.45, 2.75) is 59.0 Å². The molecule has 2 atom stereocenters. The number of hydrogen-bond acceptors (Lipinski definition) is 3. The summed E-state index contributed by atoms with van der Waals surface area (Å²) in [5.74, 6) is 0.147. The van der Waals surface area contributed by atoms with Gasteiger partial charge in [-0.15, -0.1) is 11.8 Å². The van der Waals surface area contributed by atoms with E-state index in [1.807, 2.05) is 27.7 Å². The Hall–Kier alpha value is -0.910. The Bertz CT molecular complexity index is 385. The number of thioether (sulfide) groups is 1. The van der Waals surface area contributed by atoms with Gasteiger partial charge in [0.15, 0.2) is 0 Å². The second kappa shape index (κ2) is 7.38. The summed E-state index contributed by atoms with van der Waals surface area (Å²) in [4.78, 5) is 27.8. The van der Waals surface area contributed by atoms with Gasteiger partial charge in [-0.2, -0.15) is 0 Å². The molecule has 2 unspecified atom stereocenters. The van der Waals surface area contributed by atoms with Gasteiger partial charge in [-0.3, -0.25) is 4.90 Å². The smallest absolute Gasteiger partial charge is 0.327 e. The number of amides is 2. The van der Waals surface area contributed by atoms with E-state index in [2.05, 4.69) is 13.8 Å². The number of carbonyl (C=O) groups excluding carboxylic acids is 1. The first-order valence-corrected chi connectivity index (χ1v) is 8.65. The van der Waals surface area contributed by atoms with Crippen molar-refractivity contribution in [3.8, 4) is 0 Å².